The number of benzene rings is 1. The van der Waals surface area contributed by atoms with Crippen molar-refractivity contribution in [3.8, 4) is 0 Å². The molecule has 4 aliphatic rings. The van der Waals surface area contributed by atoms with Gasteiger partial charge in [-0.05, 0) is 43.0 Å². The molecule has 3 aliphatic heterocycles. The summed E-state index contributed by atoms with van der Waals surface area (Å²) in [4.78, 5) is 45.7. The normalized spacial score (nSPS) is 27.4. The summed E-state index contributed by atoms with van der Waals surface area (Å²) in [5.41, 5.74) is 1.57. The van der Waals surface area contributed by atoms with E-state index in [2.05, 4.69) is 15.1 Å². The number of nitrogens with zero attached hydrogens (tertiary/aromatic N) is 3. The molecule has 38 heavy (non-hydrogen) atoms. The van der Waals surface area contributed by atoms with Crippen LogP contribution in [0.2, 0.25) is 0 Å². The number of nitrogens with one attached hydrogen (secondary N) is 1. The van der Waals surface area contributed by atoms with Crippen LogP contribution in [0.5, 0.6) is 0 Å². The maximum atomic E-state index is 13.8. The number of aliphatic hydroxyl groups is 1. The average Bonchev–Trinajstić information content (AvgIpc) is 3.51. The van der Waals surface area contributed by atoms with Gasteiger partial charge in [0.2, 0.25) is 5.91 Å². The molecule has 10 nitrogen and oxygen atoms in total. The highest BCUT2D eigenvalue weighted by Crippen LogP contribution is 2.32. The van der Waals surface area contributed by atoms with E-state index in [9.17, 15) is 19.5 Å². The van der Waals surface area contributed by atoms with E-state index in [4.69, 9.17) is 9.47 Å². The SMILES string of the molecule is COCCN1CCN(c2ccc(C(=O)N[C@H](C(=O)N3C[C@@H](O)[C@H]4OCC(=O)[C@H]43)C3CCCCC3)cc2)CC1. The molecule has 1 aromatic carbocycles. The monoisotopic (exact) mass is 528 g/mol. The third-order valence-electron chi connectivity index (χ3n) is 8.59. The van der Waals surface area contributed by atoms with Crippen molar-refractivity contribution in [1.29, 1.82) is 0 Å². The minimum atomic E-state index is -0.896. The Morgan fingerprint density at radius 3 is 2.50 bits per heavy atom. The second kappa shape index (κ2) is 12.1. The molecule has 4 fully saturated rings. The number of piperazine rings is 1. The molecule has 1 aliphatic carbocycles. The molecule has 2 N–H and O–H groups in total. The fraction of sp³-hybridized carbons (Fsp3) is 0.679. The Hall–Kier alpha value is -2.53. The van der Waals surface area contributed by atoms with Crippen LogP contribution in [0.1, 0.15) is 42.5 Å². The lowest BCUT2D eigenvalue weighted by Gasteiger charge is -2.36. The molecule has 10 heteroatoms. The number of hydrogen-bond donors (Lipinski definition) is 2. The number of amides is 2. The maximum Gasteiger partial charge on any atom is 0.251 e. The molecule has 0 unspecified atom stereocenters. The van der Waals surface area contributed by atoms with Gasteiger partial charge in [-0.2, -0.15) is 0 Å². The van der Waals surface area contributed by atoms with Crippen LogP contribution in [0.4, 0.5) is 5.69 Å². The standard InChI is InChI=1S/C28H40N4O6/c1-37-16-15-30-11-13-31(14-12-30)21-9-7-20(8-10-21)27(35)29-24(19-5-3-2-4-6-19)28(36)32-17-22(33)26-25(32)23(34)18-38-26/h7-10,19,22,24-26,33H,2-6,11-18H2,1H3,(H,29,35)/t22-,24+,25-,26-/m1/s1. The van der Waals surface area contributed by atoms with Gasteiger partial charge in [-0.25, -0.2) is 0 Å². The molecule has 0 bridgehead atoms. The van der Waals surface area contributed by atoms with E-state index >= 15 is 0 Å². The van der Waals surface area contributed by atoms with Crippen LogP contribution < -0.4 is 10.2 Å². The number of rotatable bonds is 8. The van der Waals surface area contributed by atoms with Crippen molar-refractivity contribution in [2.24, 2.45) is 5.92 Å². The molecule has 0 radical (unpaired) electrons. The van der Waals surface area contributed by atoms with Crippen LogP contribution >= 0.6 is 0 Å². The van der Waals surface area contributed by atoms with Gasteiger partial charge >= 0.3 is 0 Å². The first-order valence-electron chi connectivity index (χ1n) is 14.0. The summed E-state index contributed by atoms with van der Waals surface area (Å²) >= 11 is 0. The van der Waals surface area contributed by atoms with Crippen molar-refractivity contribution >= 4 is 23.3 Å². The predicted octanol–water partition coefficient (Wildman–Crippen LogP) is 0.673. The molecule has 5 rings (SSSR count). The van der Waals surface area contributed by atoms with Crippen molar-refractivity contribution in [1.82, 2.24) is 15.1 Å². The molecular formula is C28H40N4O6. The van der Waals surface area contributed by atoms with Gasteiger partial charge in [0.05, 0.1) is 13.2 Å². The first kappa shape index (κ1) is 27.1. The van der Waals surface area contributed by atoms with E-state index in [1.165, 1.54) is 4.90 Å². The molecular weight excluding hydrogens is 488 g/mol. The molecule has 2 amide bonds. The van der Waals surface area contributed by atoms with Gasteiger partial charge in [0.15, 0.2) is 5.78 Å². The van der Waals surface area contributed by atoms with E-state index < -0.39 is 24.3 Å². The van der Waals surface area contributed by atoms with Crippen LogP contribution in [-0.4, -0.2) is 116 Å². The summed E-state index contributed by atoms with van der Waals surface area (Å²) in [5, 5.41) is 13.4. The van der Waals surface area contributed by atoms with E-state index in [1.54, 1.807) is 7.11 Å². The molecule has 3 heterocycles. The van der Waals surface area contributed by atoms with Gasteiger partial charge in [-0.15, -0.1) is 0 Å². The van der Waals surface area contributed by atoms with Gasteiger partial charge in [0, 0.05) is 51.1 Å². The minimum absolute atomic E-state index is 0.00231. The highest BCUT2D eigenvalue weighted by Gasteiger charge is 2.53. The lowest BCUT2D eigenvalue weighted by Crippen LogP contribution is -2.55. The van der Waals surface area contributed by atoms with E-state index in [1.807, 2.05) is 24.3 Å². The molecule has 208 valence electrons. The third-order valence-corrected chi connectivity index (χ3v) is 8.59. The number of ketones is 1. The minimum Gasteiger partial charge on any atom is -0.388 e. The van der Waals surface area contributed by atoms with Crippen LogP contribution in [0.15, 0.2) is 24.3 Å². The lowest BCUT2D eigenvalue weighted by atomic mass is 9.83. The second-order valence-corrected chi connectivity index (χ2v) is 11.0. The summed E-state index contributed by atoms with van der Waals surface area (Å²) < 4.78 is 10.6. The Morgan fingerprint density at radius 1 is 1.11 bits per heavy atom. The zero-order chi connectivity index (χ0) is 26.6. The van der Waals surface area contributed by atoms with Crippen molar-refractivity contribution in [3.05, 3.63) is 29.8 Å². The highest BCUT2D eigenvalue weighted by molar-refractivity contribution is 5.99. The molecule has 1 aromatic rings. The highest BCUT2D eigenvalue weighted by atomic mass is 16.5. The Kier molecular flexibility index (Phi) is 8.62. The first-order chi connectivity index (χ1) is 18.5. The Bertz CT molecular complexity index is 990. The van der Waals surface area contributed by atoms with Gasteiger partial charge in [-0.1, -0.05) is 19.3 Å². The zero-order valence-electron chi connectivity index (χ0n) is 22.2. The summed E-state index contributed by atoms with van der Waals surface area (Å²) in [6, 6.07) is 6.06. The number of likely N-dealkylation sites (tertiary alicyclic amines) is 1. The Morgan fingerprint density at radius 2 is 1.82 bits per heavy atom. The largest absolute Gasteiger partial charge is 0.388 e. The molecule has 4 atom stereocenters. The lowest BCUT2D eigenvalue weighted by molar-refractivity contribution is -0.139. The number of hydrogen-bond acceptors (Lipinski definition) is 8. The van der Waals surface area contributed by atoms with E-state index in [-0.39, 0.29) is 36.7 Å². The third kappa shape index (κ3) is 5.73. The van der Waals surface area contributed by atoms with Crippen molar-refractivity contribution in [3.63, 3.8) is 0 Å². The number of ether oxygens (including phenoxy) is 2. The van der Waals surface area contributed by atoms with Crippen LogP contribution in [-0.2, 0) is 19.1 Å². The van der Waals surface area contributed by atoms with Crippen molar-refractivity contribution in [2.45, 2.75) is 56.4 Å². The van der Waals surface area contributed by atoms with Crippen LogP contribution in [0.25, 0.3) is 0 Å². The van der Waals surface area contributed by atoms with Gasteiger partial charge in [-0.3, -0.25) is 19.3 Å². The van der Waals surface area contributed by atoms with Crippen LogP contribution in [0.3, 0.4) is 0 Å². The molecule has 0 aromatic heterocycles. The van der Waals surface area contributed by atoms with Gasteiger partial charge in [0.25, 0.3) is 5.91 Å². The average molecular weight is 529 g/mol. The quantitative estimate of drug-likeness (QED) is 0.507. The number of carbonyl (C=O) groups is 3. The van der Waals surface area contributed by atoms with Crippen molar-refractivity contribution in [2.75, 3.05) is 64.5 Å². The van der Waals surface area contributed by atoms with Crippen LogP contribution in [0, 0.1) is 5.92 Å². The smallest absolute Gasteiger partial charge is 0.251 e. The fourth-order valence-corrected chi connectivity index (χ4v) is 6.38. The Balaban J connectivity index is 1.25. The molecule has 1 saturated carbocycles. The van der Waals surface area contributed by atoms with Gasteiger partial charge < -0.3 is 29.7 Å². The first-order valence-corrected chi connectivity index (χ1v) is 14.0. The second-order valence-electron chi connectivity index (χ2n) is 11.0. The fourth-order valence-electron chi connectivity index (χ4n) is 6.38. The molecule has 3 saturated heterocycles. The predicted molar refractivity (Wildman–Crippen MR) is 141 cm³/mol. The number of Topliss-reactive ketones (excluding diaryl/α,β-unsaturated/α-hetero) is 1. The van der Waals surface area contributed by atoms with Crippen molar-refractivity contribution < 1.29 is 29.0 Å². The number of aliphatic hydroxyl groups excluding tert-OH is 1. The number of β-amino-alcohol motifs (C(OH)–C–C–N with tert-alkyl or cyclic N) is 1. The zero-order valence-corrected chi connectivity index (χ0v) is 22.2. The number of fused-ring (bicyclic) bond motifs is 1. The number of methoxy groups -OCH3 is 1. The Labute approximate surface area is 224 Å². The number of anilines is 1. The van der Waals surface area contributed by atoms with E-state index in [0.717, 1.165) is 77.1 Å². The summed E-state index contributed by atoms with van der Waals surface area (Å²) in [6.45, 7) is 5.40. The molecule has 0 spiro atoms. The summed E-state index contributed by atoms with van der Waals surface area (Å²) in [5.74, 6) is -0.778. The topological polar surface area (TPSA) is 112 Å². The summed E-state index contributed by atoms with van der Waals surface area (Å²) in [7, 11) is 1.72. The maximum absolute atomic E-state index is 13.8. The summed E-state index contributed by atoms with van der Waals surface area (Å²) in [6.07, 6.45) is 3.26. The van der Waals surface area contributed by atoms with Gasteiger partial charge in [0.1, 0.15) is 30.9 Å². The number of carbonyl (C=O) groups excluding carboxylic acids is 3. The van der Waals surface area contributed by atoms with E-state index in [0.29, 0.717) is 5.56 Å².